The zero-order valence-electron chi connectivity index (χ0n) is 45.7. The van der Waals surface area contributed by atoms with Crippen molar-refractivity contribution in [3.63, 3.8) is 0 Å². The molecule has 0 radical (unpaired) electrons. The van der Waals surface area contributed by atoms with E-state index in [1.807, 2.05) is 0 Å². The molecule has 2 fully saturated rings. The fraction of sp³-hybridized carbons (Fsp3) is 0.224. The van der Waals surface area contributed by atoms with Crippen LogP contribution in [0.1, 0.15) is 49.7 Å². The average molecular weight is 1390 g/mol. The molecular formula is C58H51Br2F5N8O9S2Zn. The van der Waals surface area contributed by atoms with Crippen molar-refractivity contribution in [3.05, 3.63) is 200 Å². The van der Waals surface area contributed by atoms with Gasteiger partial charge in [0, 0.05) is 59.8 Å². The van der Waals surface area contributed by atoms with Crippen LogP contribution in [0.25, 0.3) is 33.2 Å². The van der Waals surface area contributed by atoms with Crippen LogP contribution in [0, 0.1) is 29.9 Å². The van der Waals surface area contributed by atoms with Crippen molar-refractivity contribution in [2.24, 2.45) is 11.8 Å². The summed E-state index contributed by atoms with van der Waals surface area (Å²) >= 11 is 7.38. The predicted octanol–water partition coefficient (Wildman–Crippen LogP) is 12.3. The second-order valence-corrected chi connectivity index (χ2v) is 23.7. The molecule has 440 valence electrons. The summed E-state index contributed by atoms with van der Waals surface area (Å²) in [6.07, 6.45) is 5.94. The Labute approximate surface area is 510 Å². The third kappa shape index (κ3) is 14.6. The van der Waals surface area contributed by atoms with E-state index in [9.17, 15) is 44.0 Å². The fourth-order valence-corrected chi connectivity index (χ4v) is 11.9. The molecule has 1 N–H and O–H groups in total. The zero-order valence-corrected chi connectivity index (χ0v) is 53.4. The minimum atomic E-state index is -4.33. The number of rotatable bonds is 14. The monoisotopic (exact) mass is 1380 g/mol. The topological polar surface area (TPSA) is 207 Å². The molecule has 4 heterocycles. The Bertz CT molecular complexity index is 4210. The van der Waals surface area contributed by atoms with E-state index >= 15 is 4.39 Å². The quantitative estimate of drug-likeness (QED) is 0.0611. The number of alkyl halides is 3. The Hall–Kier alpha value is -7.19. The Balaban J connectivity index is 0.000000199. The summed E-state index contributed by atoms with van der Waals surface area (Å²) in [5.74, 6) is -1.58. The van der Waals surface area contributed by atoms with Crippen LogP contribution in [0.15, 0.2) is 170 Å². The van der Waals surface area contributed by atoms with Crippen LogP contribution < -0.4 is 34.4 Å². The SMILES string of the molecule is CC1C[CH-]C1.COc1cc(C2CC(C(F)(F)F)C2)c(F)cc1-n1c(=O)ccc2cc(S(=O)(=O)Nc3ncccn3)ccc21.COc1ccc(CN(c2ncccn2)S(=O)(=O)c2ccc3c(ccc(=O)n3-c3cc(F)c(Br)cc3OC)c2)cc1.[Zn+][Br]. The molecule has 27 heteroatoms. The van der Waals surface area contributed by atoms with Gasteiger partial charge < -0.3 is 20.6 Å². The van der Waals surface area contributed by atoms with Gasteiger partial charge in [-0.1, -0.05) is 25.0 Å². The molecule has 0 spiro atoms. The van der Waals surface area contributed by atoms with Crippen molar-refractivity contribution < 1.29 is 69.3 Å². The number of benzene rings is 5. The molecule has 0 aliphatic heterocycles. The molecule has 85 heavy (non-hydrogen) atoms. The number of fused-ring (bicyclic) bond motifs is 2. The molecule has 0 saturated heterocycles. The number of halogens is 7. The minimum absolute atomic E-state index is 0.00143. The summed E-state index contributed by atoms with van der Waals surface area (Å²) < 4.78 is 144. The molecule has 2 aliphatic carbocycles. The first-order valence-electron chi connectivity index (χ1n) is 25.7. The number of anilines is 2. The first-order valence-corrected chi connectivity index (χ1v) is 36.4. The van der Waals surface area contributed by atoms with Crippen LogP contribution in [0.4, 0.5) is 33.8 Å². The Morgan fingerprint density at radius 1 is 0.682 bits per heavy atom. The molecule has 0 unspecified atom stereocenters. The summed E-state index contributed by atoms with van der Waals surface area (Å²) in [5, 5.41) is 0.782. The van der Waals surface area contributed by atoms with Crippen LogP contribution >= 0.6 is 29.6 Å². The Morgan fingerprint density at radius 3 is 1.69 bits per heavy atom. The molecule has 0 amide bonds. The van der Waals surface area contributed by atoms with E-state index < -0.39 is 60.8 Å². The Kier molecular flexibility index (Phi) is 20.6. The summed E-state index contributed by atoms with van der Waals surface area (Å²) in [6.45, 7) is 2.24. The first-order chi connectivity index (χ1) is 40.6. The van der Waals surface area contributed by atoms with Crippen molar-refractivity contribution in [1.29, 1.82) is 0 Å². The van der Waals surface area contributed by atoms with Gasteiger partial charge in [-0.25, -0.2) is 54.6 Å². The molecule has 0 bridgehead atoms. The standard InChI is InChI=1S/C28H22BrFN4O5S.C25H20F4N4O4S.C5H9.BrH.Zn/c1-38-20-7-4-18(5-8-20)17-33(28-31-12-3-13-32-28)40(36,37)21-9-10-24-19(14-21)6-11-27(35)34(24)25-16-23(30)22(29)15-26(25)39-2;1-37-22-12-18(15-9-16(10-15)25(27,28)29)19(26)13-21(22)33-20-5-4-17(11-14(20)3-6-23(33)34)38(35,36)32-24-30-7-2-8-31-24;1-5-3-2-4-5;;/h3-16H,17H2,1-2H3;2-8,11-13,15-16H,9-10H2,1H3,(H,30,31,32);2,5H,3-4H2,1H3;1H;/q;;-1;;+2/p-1. The molecule has 17 nitrogen and oxygen atoms in total. The van der Waals surface area contributed by atoms with Crippen molar-refractivity contribution in [2.45, 2.75) is 61.0 Å². The number of methoxy groups -OCH3 is 3. The summed E-state index contributed by atoms with van der Waals surface area (Å²) in [6, 6.07) is 28.8. The van der Waals surface area contributed by atoms with Gasteiger partial charge in [0.1, 0.15) is 28.9 Å². The second kappa shape index (κ2) is 27.5. The summed E-state index contributed by atoms with van der Waals surface area (Å²) in [5.41, 5.74) is 0.619. The molecule has 11 rings (SSSR count). The van der Waals surface area contributed by atoms with E-state index in [-0.39, 0.29) is 79.5 Å². The van der Waals surface area contributed by atoms with Crippen LogP contribution in [0.3, 0.4) is 0 Å². The van der Waals surface area contributed by atoms with Gasteiger partial charge in [-0.3, -0.25) is 18.7 Å². The van der Waals surface area contributed by atoms with Crippen LogP contribution in [-0.2, 0) is 42.9 Å². The van der Waals surface area contributed by atoms with Gasteiger partial charge in [0.05, 0.1) is 70.5 Å². The molecule has 2 saturated carbocycles. The third-order valence-electron chi connectivity index (χ3n) is 13.9. The maximum atomic E-state index is 15.2. The molecular weight excluding hydrogens is 1340 g/mol. The molecule has 4 aromatic heterocycles. The van der Waals surface area contributed by atoms with Gasteiger partial charge in [-0.15, -0.1) is 0 Å². The van der Waals surface area contributed by atoms with E-state index in [1.54, 1.807) is 37.4 Å². The zero-order chi connectivity index (χ0) is 61.4. The Morgan fingerprint density at radius 2 is 1.19 bits per heavy atom. The number of hydrogen-bond acceptors (Lipinski definition) is 13. The molecule has 2 aliphatic rings. The van der Waals surface area contributed by atoms with Gasteiger partial charge in [0.25, 0.3) is 31.2 Å². The third-order valence-corrected chi connectivity index (χ3v) is 17.5. The van der Waals surface area contributed by atoms with Gasteiger partial charge in [0.15, 0.2) is 0 Å². The first kappa shape index (κ1) is 63.8. The van der Waals surface area contributed by atoms with E-state index in [0.717, 1.165) is 20.9 Å². The van der Waals surface area contributed by atoms with Gasteiger partial charge in [-0.05, 0) is 131 Å². The van der Waals surface area contributed by atoms with Crippen molar-refractivity contribution in [1.82, 2.24) is 29.1 Å². The van der Waals surface area contributed by atoms with Crippen molar-refractivity contribution >= 4 is 83.3 Å². The second-order valence-electron chi connectivity index (χ2n) is 19.3. The number of sulfonamides is 2. The van der Waals surface area contributed by atoms with Crippen LogP contribution in [0.2, 0.25) is 0 Å². The number of ether oxygens (including phenoxy) is 3. The number of pyridine rings is 2. The number of hydrogen-bond donors (Lipinski definition) is 1. The summed E-state index contributed by atoms with van der Waals surface area (Å²) in [7, 11) is -3.98. The van der Waals surface area contributed by atoms with Gasteiger partial charge >= 0.3 is 36.1 Å². The van der Waals surface area contributed by atoms with E-state index in [4.69, 9.17) is 14.2 Å². The van der Waals surface area contributed by atoms with Gasteiger partial charge in [0.2, 0.25) is 11.9 Å². The van der Waals surface area contributed by atoms with Crippen LogP contribution in [0.5, 0.6) is 17.2 Å². The van der Waals surface area contributed by atoms with Crippen molar-refractivity contribution in [2.75, 3.05) is 30.4 Å². The van der Waals surface area contributed by atoms with E-state index in [0.29, 0.717) is 27.6 Å². The molecule has 9 aromatic rings. The normalized spacial score (nSPS) is 14.9. The fourth-order valence-electron chi connectivity index (χ4n) is 9.22. The number of aromatic nitrogens is 6. The maximum absolute atomic E-state index is 15.2. The van der Waals surface area contributed by atoms with Crippen molar-refractivity contribution in [3.8, 4) is 28.6 Å². The van der Waals surface area contributed by atoms with Crippen LogP contribution in [-0.4, -0.2) is 73.4 Å². The number of nitrogens with one attached hydrogen (secondary N) is 1. The predicted molar refractivity (Wildman–Crippen MR) is 314 cm³/mol. The van der Waals surface area contributed by atoms with E-state index in [1.165, 1.54) is 158 Å². The van der Waals surface area contributed by atoms with E-state index in [2.05, 4.69) is 67.6 Å². The average Bonchev–Trinajstić information content (AvgIpc) is 2.01. The molecule has 0 atom stereocenters. The summed E-state index contributed by atoms with van der Waals surface area (Å²) in [4.78, 5) is 41.7. The number of nitrogens with zero attached hydrogens (tertiary/aromatic N) is 7. The van der Waals surface area contributed by atoms with Gasteiger partial charge in [-0.2, -0.15) is 26.0 Å². The molecule has 5 aromatic carbocycles.